The Morgan fingerprint density at radius 1 is 0.963 bits per heavy atom. The molecule has 0 saturated carbocycles. The first-order chi connectivity index (χ1) is 26.0. The average Bonchev–Trinajstić information content (AvgIpc) is 3.87. The zero-order chi connectivity index (χ0) is 38.6. The molecule has 0 aliphatic rings. The number of phenolic OH excluding ortho intramolecular Hbond substituents is 1. The van der Waals surface area contributed by atoms with Gasteiger partial charge in [-0.2, -0.15) is 0 Å². The van der Waals surface area contributed by atoms with Crippen LogP contribution in [0.2, 0.25) is 0 Å². The number of alkyl carbamates (subject to hydrolysis) is 1. The number of aliphatic hydroxyl groups is 1. The molecule has 0 spiro atoms. The maximum atomic E-state index is 14.2. The number of thiazole rings is 1. The van der Waals surface area contributed by atoms with Crippen LogP contribution >= 0.6 is 11.3 Å². The number of aromatic hydroxyl groups is 1. The number of methoxy groups -OCH3 is 1. The van der Waals surface area contributed by atoms with Gasteiger partial charge in [0.15, 0.2) is 30.3 Å². The number of ether oxygens (including phenoxy) is 2. The number of carbonyl (C=O) groups is 3. The summed E-state index contributed by atoms with van der Waals surface area (Å²) in [6.45, 7) is 4.10. The summed E-state index contributed by atoms with van der Waals surface area (Å²) in [4.78, 5) is 51.0. The molecule has 2 heterocycles. The molecule has 3 atom stereocenters. The Morgan fingerprint density at radius 3 is 2.26 bits per heavy atom. The normalized spacial score (nSPS) is 12.8. The Balaban J connectivity index is 1.39. The summed E-state index contributed by atoms with van der Waals surface area (Å²) in [6, 6.07) is 20.0. The highest BCUT2D eigenvalue weighted by Crippen LogP contribution is 2.34. The van der Waals surface area contributed by atoms with Gasteiger partial charge in [0, 0.05) is 24.4 Å². The molecule has 13 nitrogen and oxygen atoms in total. The standard InChI is InChI=1S/C40H45N5O8S/c1-25(2)38-43-29(23-54-38)21-45(3)39(49)35-31(15-16-33(46)36(35)51-4)37(48)42-28(17-26-11-7-5-8-12-26)19-34(47)32(18-27-13-9-6-10-14-27)44-40(50)52-22-30-20-41-24-53-30/h5-16,20,23-25,28,32,34,46-47H,17-19,21-22H2,1-4H3,(H,42,48)(H,44,50)/t28-,32-,34-/m0/s1. The number of rotatable bonds is 17. The van der Waals surface area contributed by atoms with Gasteiger partial charge in [-0.05, 0) is 42.5 Å². The number of aliphatic hydroxyl groups excluding tert-OH is 1. The smallest absolute Gasteiger partial charge is 0.407 e. The SMILES string of the molecule is COc1c(O)ccc(C(=O)N[C@@H](Cc2ccccc2)C[C@H](O)[C@H](Cc2ccccc2)NC(=O)OCc2cnco2)c1C(=O)N(C)Cc1csc(C(C)C)n1. The van der Waals surface area contributed by atoms with Crippen molar-refractivity contribution in [3.8, 4) is 11.5 Å². The van der Waals surface area contributed by atoms with Crippen molar-refractivity contribution in [3.63, 3.8) is 0 Å². The second kappa shape index (κ2) is 18.9. The van der Waals surface area contributed by atoms with Crippen LogP contribution in [0, 0.1) is 0 Å². The molecule has 5 aromatic rings. The van der Waals surface area contributed by atoms with Crippen molar-refractivity contribution in [2.75, 3.05) is 14.2 Å². The number of amides is 3. The fraction of sp³-hybridized carbons (Fsp3) is 0.325. The van der Waals surface area contributed by atoms with Crippen LogP contribution in [-0.4, -0.2) is 75.3 Å². The number of hydrogen-bond acceptors (Lipinski definition) is 11. The van der Waals surface area contributed by atoms with Crippen LogP contribution in [0.15, 0.2) is 95.2 Å². The van der Waals surface area contributed by atoms with Crippen LogP contribution in [0.3, 0.4) is 0 Å². The molecule has 4 N–H and O–H groups in total. The minimum absolute atomic E-state index is 0.0148. The zero-order valence-electron chi connectivity index (χ0n) is 30.6. The molecular weight excluding hydrogens is 711 g/mol. The van der Waals surface area contributed by atoms with Crippen LogP contribution in [0.25, 0.3) is 0 Å². The Kier molecular flexibility index (Phi) is 13.8. The largest absolute Gasteiger partial charge is 0.504 e. The van der Waals surface area contributed by atoms with Crippen molar-refractivity contribution in [1.29, 1.82) is 0 Å². The topological polar surface area (TPSA) is 176 Å². The molecule has 0 bridgehead atoms. The predicted octanol–water partition coefficient (Wildman–Crippen LogP) is 5.87. The lowest BCUT2D eigenvalue weighted by molar-refractivity contribution is 0.0761. The molecule has 0 unspecified atom stereocenters. The second-order valence-corrected chi connectivity index (χ2v) is 14.1. The number of oxazole rings is 1. The number of aromatic nitrogens is 2. The highest BCUT2D eigenvalue weighted by molar-refractivity contribution is 7.09. The molecule has 54 heavy (non-hydrogen) atoms. The number of nitrogens with zero attached hydrogens (tertiary/aromatic N) is 3. The lowest BCUT2D eigenvalue weighted by Gasteiger charge is -2.28. The zero-order valence-corrected chi connectivity index (χ0v) is 31.4. The van der Waals surface area contributed by atoms with E-state index in [-0.39, 0.29) is 54.5 Å². The summed E-state index contributed by atoms with van der Waals surface area (Å²) in [5, 5.41) is 31.1. The van der Waals surface area contributed by atoms with E-state index in [1.807, 2.05) is 79.9 Å². The van der Waals surface area contributed by atoms with Crippen molar-refractivity contribution >= 4 is 29.2 Å². The molecule has 284 valence electrons. The summed E-state index contributed by atoms with van der Waals surface area (Å²) >= 11 is 1.51. The Hall–Kier alpha value is -5.73. The number of phenols is 1. The van der Waals surface area contributed by atoms with E-state index in [9.17, 15) is 24.6 Å². The summed E-state index contributed by atoms with van der Waals surface area (Å²) in [5.41, 5.74) is 2.31. The van der Waals surface area contributed by atoms with Crippen LogP contribution in [0.1, 0.15) is 74.5 Å². The minimum Gasteiger partial charge on any atom is -0.504 e. The van der Waals surface area contributed by atoms with Crippen molar-refractivity contribution in [3.05, 3.63) is 129 Å². The van der Waals surface area contributed by atoms with Crippen molar-refractivity contribution in [2.45, 2.75) is 70.4 Å². The maximum Gasteiger partial charge on any atom is 0.407 e. The van der Waals surface area contributed by atoms with Gasteiger partial charge in [-0.15, -0.1) is 11.3 Å². The van der Waals surface area contributed by atoms with Gasteiger partial charge in [-0.1, -0.05) is 74.5 Å². The lowest BCUT2D eigenvalue weighted by Crippen LogP contribution is -2.49. The summed E-state index contributed by atoms with van der Waals surface area (Å²) in [7, 11) is 2.90. The fourth-order valence-corrected chi connectivity index (χ4v) is 6.78. The number of benzene rings is 3. The van der Waals surface area contributed by atoms with Gasteiger partial charge in [0.05, 0.1) is 53.8 Å². The van der Waals surface area contributed by atoms with Crippen molar-refractivity contribution < 1.29 is 38.5 Å². The first kappa shape index (κ1) is 39.5. The van der Waals surface area contributed by atoms with Crippen molar-refractivity contribution in [2.24, 2.45) is 0 Å². The summed E-state index contributed by atoms with van der Waals surface area (Å²) in [6.07, 6.45) is 1.34. The summed E-state index contributed by atoms with van der Waals surface area (Å²) in [5.74, 6) is -1.03. The number of carbonyl (C=O) groups excluding carboxylic acids is 3. The average molecular weight is 756 g/mol. The monoisotopic (exact) mass is 755 g/mol. The van der Waals surface area contributed by atoms with Gasteiger partial charge in [0.1, 0.15) is 0 Å². The van der Waals surface area contributed by atoms with E-state index in [4.69, 9.17) is 13.9 Å². The predicted molar refractivity (Wildman–Crippen MR) is 202 cm³/mol. The van der Waals surface area contributed by atoms with E-state index < -0.39 is 36.1 Å². The minimum atomic E-state index is -1.16. The molecular formula is C40H45N5O8S. The molecule has 0 fully saturated rings. The lowest BCUT2D eigenvalue weighted by atomic mass is 9.93. The Bertz CT molecular complexity index is 1970. The molecule has 2 aromatic heterocycles. The molecule has 0 aliphatic heterocycles. The van der Waals surface area contributed by atoms with Crippen LogP contribution in [-0.2, 0) is 30.7 Å². The number of hydrogen-bond donors (Lipinski definition) is 4. The van der Waals surface area contributed by atoms with E-state index in [2.05, 4.69) is 20.6 Å². The third-order valence-electron chi connectivity index (χ3n) is 8.69. The Morgan fingerprint density at radius 2 is 1.65 bits per heavy atom. The first-order valence-electron chi connectivity index (χ1n) is 17.5. The van der Waals surface area contributed by atoms with Crippen molar-refractivity contribution in [1.82, 2.24) is 25.5 Å². The Labute approximate surface area is 318 Å². The van der Waals surface area contributed by atoms with E-state index in [1.54, 1.807) is 7.05 Å². The molecule has 3 amide bonds. The van der Waals surface area contributed by atoms with E-state index in [1.165, 1.54) is 48.1 Å². The quantitative estimate of drug-likeness (QED) is 0.0898. The van der Waals surface area contributed by atoms with Gasteiger partial charge in [0.25, 0.3) is 11.8 Å². The van der Waals surface area contributed by atoms with Gasteiger partial charge in [-0.25, -0.2) is 14.8 Å². The second-order valence-electron chi connectivity index (χ2n) is 13.2. The third kappa shape index (κ3) is 10.7. The van der Waals surface area contributed by atoms with E-state index >= 15 is 0 Å². The highest BCUT2D eigenvalue weighted by atomic mass is 32.1. The third-order valence-corrected chi connectivity index (χ3v) is 9.88. The highest BCUT2D eigenvalue weighted by Gasteiger charge is 2.31. The molecule has 0 radical (unpaired) electrons. The van der Waals surface area contributed by atoms with Crippen LogP contribution < -0.4 is 15.4 Å². The summed E-state index contributed by atoms with van der Waals surface area (Å²) < 4.78 is 15.9. The maximum absolute atomic E-state index is 14.2. The van der Waals surface area contributed by atoms with Gasteiger partial charge >= 0.3 is 6.09 Å². The molecule has 5 rings (SSSR count). The molecule has 3 aromatic carbocycles. The van der Waals surface area contributed by atoms with Gasteiger partial charge < -0.3 is 39.6 Å². The van der Waals surface area contributed by atoms with E-state index in [0.717, 1.165) is 16.1 Å². The molecule has 14 heteroatoms. The van der Waals surface area contributed by atoms with Crippen LogP contribution in [0.5, 0.6) is 11.5 Å². The van der Waals surface area contributed by atoms with Crippen LogP contribution in [0.4, 0.5) is 4.79 Å². The molecule has 0 aliphatic carbocycles. The number of nitrogens with one attached hydrogen (secondary N) is 2. The van der Waals surface area contributed by atoms with E-state index in [0.29, 0.717) is 17.9 Å². The first-order valence-corrected chi connectivity index (χ1v) is 18.4. The molecule has 0 saturated heterocycles. The van der Waals surface area contributed by atoms with Gasteiger partial charge in [-0.3, -0.25) is 9.59 Å². The fourth-order valence-electron chi connectivity index (χ4n) is 5.95. The van der Waals surface area contributed by atoms with Gasteiger partial charge in [0.2, 0.25) is 0 Å².